The van der Waals surface area contributed by atoms with Gasteiger partial charge in [-0.25, -0.2) is 12.7 Å². The van der Waals surface area contributed by atoms with Gasteiger partial charge in [0.05, 0.1) is 11.4 Å². The van der Waals surface area contributed by atoms with Gasteiger partial charge in [0.1, 0.15) is 5.01 Å². The molecule has 1 aliphatic rings. The van der Waals surface area contributed by atoms with Gasteiger partial charge in [-0.05, 0) is 31.0 Å². The summed E-state index contributed by atoms with van der Waals surface area (Å²) in [4.78, 5) is 24.2. The zero-order valence-electron chi connectivity index (χ0n) is 14.8. The molecule has 0 unspecified atom stereocenters. The average molecular weight is 409 g/mol. The second-order valence-corrected chi connectivity index (χ2v) is 9.43. The summed E-state index contributed by atoms with van der Waals surface area (Å²) in [6.45, 7) is -0.262. The van der Waals surface area contributed by atoms with Gasteiger partial charge < -0.3 is 5.32 Å². The minimum atomic E-state index is -3.64. The molecule has 1 fully saturated rings. The van der Waals surface area contributed by atoms with Crippen molar-refractivity contribution in [2.45, 2.75) is 23.7 Å². The average Bonchev–Trinajstić information content (AvgIpc) is 3.39. The van der Waals surface area contributed by atoms with E-state index in [1.165, 1.54) is 49.7 Å². The SMILES string of the molecule is CN(C)S(=O)(=O)c1cccc(C(=O)NCC(=O)Nc2nnc(C3CC3)s2)c1. The summed E-state index contributed by atoms with van der Waals surface area (Å²) < 4.78 is 25.4. The summed E-state index contributed by atoms with van der Waals surface area (Å²) in [6, 6.07) is 5.64. The van der Waals surface area contributed by atoms with Gasteiger partial charge >= 0.3 is 0 Å². The third kappa shape index (κ3) is 4.67. The van der Waals surface area contributed by atoms with Crippen LogP contribution in [0.1, 0.15) is 34.1 Å². The molecule has 1 saturated carbocycles. The molecule has 0 atom stereocenters. The molecule has 3 rings (SSSR count). The molecule has 0 saturated heterocycles. The molecule has 11 heteroatoms. The summed E-state index contributed by atoms with van der Waals surface area (Å²) in [5.74, 6) is -0.519. The van der Waals surface area contributed by atoms with E-state index >= 15 is 0 Å². The molecular weight excluding hydrogens is 390 g/mol. The minimum absolute atomic E-state index is 0.00562. The normalized spacial score (nSPS) is 14.2. The van der Waals surface area contributed by atoms with Crippen molar-refractivity contribution in [3.05, 3.63) is 34.8 Å². The second-order valence-electron chi connectivity index (χ2n) is 6.27. The van der Waals surface area contributed by atoms with Gasteiger partial charge in [0, 0.05) is 25.6 Å². The smallest absolute Gasteiger partial charge is 0.251 e. The predicted molar refractivity (Wildman–Crippen MR) is 100 cm³/mol. The molecule has 0 aliphatic heterocycles. The lowest BCUT2D eigenvalue weighted by Gasteiger charge is -2.12. The molecule has 27 heavy (non-hydrogen) atoms. The lowest BCUT2D eigenvalue weighted by Crippen LogP contribution is -2.33. The van der Waals surface area contributed by atoms with Crippen LogP contribution in [0, 0.1) is 0 Å². The van der Waals surface area contributed by atoms with Crippen molar-refractivity contribution >= 4 is 38.3 Å². The number of carbonyl (C=O) groups is 2. The van der Waals surface area contributed by atoms with Crippen molar-refractivity contribution in [2.24, 2.45) is 0 Å². The Kier molecular flexibility index (Phi) is 5.53. The van der Waals surface area contributed by atoms with E-state index in [0.717, 1.165) is 22.2 Å². The monoisotopic (exact) mass is 409 g/mol. The molecular formula is C16H19N5O4S2. The van der Waals surface area contributed by atoms with E-state index in [2.05, 4.69) is 20.8 Å². The maximum Gasteiger partial charge on any atom is 0.251 e. The highest BCUT2D eigenvalue weighted by Gasteiger charge is 2.27. The van der Waals surface area contributed by atoms with Gasteiger partial charge in [-0.2, -0.15) is 0 Å². The Hall–Kier alpha value is -2.37. The van der Waals surface area contributed by atoms with Crippen molar-refractivity contribution in [1.82, 2.24) is 19.8 Å². The van der Waals surface area contributed by atoms with Gasteiger partial charge in [0.25, 0.3) is 5.91 Å². The third-order valence-electron chi connectivity index (χ3n) is 3.90. The molecule has 1 aromatic carbocycles. The van der Waals surface area contributed by atoms with Crippen LogP contribution in [0.25, 0.3) is 0 Å². The lowest BCUT2D eigenvalue weighted by molar-refractivity contribution is -0.115. The number of rotatable bonds is 7. The zero-order valence-corrected chi connectivity index (χ0v) is 16.4. The molecule has 2 N–H and O–H groups in total. The van der Waals surface area contributed by atoms with E-state index in [4.69, 9.17) is 0 Å². The fourth-order valence-corrected chi connectivity index (χ4v) is 4.09. The van der Waals surface area contributed by atoms with Crippen molar-refractivity contribution < 1.29 is 18.0 Å². The fourth-order valence-electron chi connectivity index (χ4n) is 2.22. The van der Waals surface area contributed by atoms with Crippen molar-refractivity contribution in [2.75, 3.05) is 26.0 Å². The standard InChI is InChI=1S/C16H19N5O4S2/c1-21(2)27(24,25)12-5-3-4-11(8-12)14(23)17-9-13(22)18-16-20-19-15(26-16)10-6-7-10/h3-5,8,10H,6-7,9H2,1-2H3,(H,17,23)(H,18,20,22). The van der Waals surface area contributed by atoms with E-state index in [9.17, 15) is 18.0 Å². The van der Waals surface area contributed by atoms with Crippen molar-refractivity contribution in [3.8, 4) is 0 Å². The Labute approximate surface area is 160 Å². The van der Waals surface area contributed by atoms with Gasteiger partial charge in [0.15, 0.2) is 0 Å². The summed E-state index contributed by atoms with van der Waals surface area (Å²) in [5.41, 5.74) is 0.151. The Balaban J connectivity index is 1.57. The Morgan fingerprint density at radius 3 is 2.67 bits per heavy atom. The van der Waals surface area contributed by atoms with Crippen LogP contribution >= 0.6 is 11.3 Å². The van der Waals surface area contributed by atoms with Crippen LogP contribution in [0.2, 0.25) is 0 Å². The van der Waals surface area contributed by atoms with Gasteiger partial charge in [0.2, 0.25) is 21.1 Å². The van der Waals surface area contributed by atoms with Gasteiger partial charge in [-0.3, -0.25) is 14.9 Å². The van der Waals surface area contributed by atoms with Gasteiger partial charge in [-0.15, -0.1) is 10.2 Å². The largest absolute Gasteiger partial charge is 0.343 e. The highest BCUT2D eigenvalue weighted by molar-refractivity contribution is 7.89. The van der Waals surface area contributed by atoms with E-state index in [0.29, 0.717) is 11.0 Å². The van der Waals surface area contributed by atoms with Crippen LogP contribution in [0.3, 0.4) is 0 Å². The maximum atomic E-state index is 12.2. The van der Waals surface area contributed by atoms with Crippen LogP contribution in [0.5, 0.6) is 0 Å². The summed E-state index contributed by atoms with van der Waals surface area (Å²) in [6.07, 6.45) is 2.20. The van der Waals surface area contributed by atoms with Crippen LogP contribution < -0.4 is 10.6 Å². The molecule has 0 radical (unpaired) electrons. The molecule has 144 valence electrons. The number of nitrogens with one attached hydrogen (secondary N) is 2. The number of hydrogen-bond donors (Lipinski definition) is 2. The van der Waals surface area contributed by atoms with E-state index < -0.39 is 21.8 Å². The Morgan fingerprint density at radius 1 is 1.26 bits per heavy atom. The first-order valence-electron chi connectivity index (χ1n) is 8.21. The zero-order chi connectivity index (χ0) is 19.6. The summed E-state index contributed by atoms with van der Waals surface area (Å²) in [5, 5.41) is 14.3. The van der Waals surface area contributed by atoms with Crippen LogP contribution in [-0.2, 0) is 14.8 Å². The maximum absolute atomic E-state index is 12.2. The molecule has 1 aromatic heterocycles. The van der Waals surface area contributed by atoms with Gasteiger partial charge in [-0.1, -0.05) is 17.4 Å². The number of carbonyl (C=O) groups excluding carboxylic acids is 2. The quantitative estimate of drug-likeness (QED) is 0.705. The molecule has 1 heterocycles. The molecule has 1 aliphatic carbocycles. The molecule has 2 aromatic rings. The predicted octanol–water partition coefficient (Wildman–Crippen LogP) is 1.03. The number of anilines is 1. The van der Waals surface area contributed by atoms with Crippen molar-refractivity contribution in [3.63, 3.8) is 0 Å². The number of nitrogens with zero attached hydrogens (tertiary/aromatic N) is 3. The van der Waals surface area contributed by atoms with Crippen LogP contribution in [0.4, 0.5) is 5.13 Å². The lowest BCUT2D eigenvalue weighted by atomic mass is 10.2. The molecule has 9 nitrogen and oxygen atoms in total. The number of aromatic nitrogens is 2. The van der Waals surface area contributed by atoms with Crippen LogP contribution in [0.15, 0.2) is 29.2 Å². The van der Waals surface area contributed by atoms with Crippen molar-refractivity contribution in [1.29, 1.82) is 0 Å². The number of amides is 2. The summed E-state index contributed by atoms with van der Waals surface area (Å²) in [7, 11) is -0.822. The molecule has 0 spiro atoms. The Morgan fingerprint density at radius 2 is 2.00 bits per heavy atom. The highest BCUT2D eigenvalue weighted by Crippen LogP contribution is 2.41. The fraction of sp³-hybridized carbons (Fsp3) is 0.375. The highest BCUT2D eigenvalue weighted by atomic mass is 32.2. The van der Waals surface area contributed by atoms with E-state index in [1.807, 2.05) is 0 Å². The first-order valence-corrected chi connectivity index (χ1v) is 10.5. The second kappa shape index (κ2) is 7.71. The third-order valence-corrected chi connectivity index (χ3v) is 6.71. The van der Waals surface area contributed by atoms with E-state index in [-0.39, 0.29) is 17.0 Å². The number of sulfonamides is 1. The minimum Gasteiger partial charge on any atom is -0.343 e. The molecule has 2 amide bonds. The first-order chi connectivity index (χ1) is 12.8. The number of benzene rings is 1. The van der Waals surface area contributed by atoms with Crippen LogP contribution in [-0.4, -0.2) is 55.4 Å². The first kappa shape index (κ1) is 19.4. The Bertz CT molecular complexity index is 967. The molecule has 0 bridgehead atoms. The number of hydrogen-bond acceptors (Lipinski definition) is 7. The van der Waals surface area contributed by atoms with E-state index in [1.54, 1.807) is 0 Å². The summed E-state index contributed by atoms with van der Waals surface area (Å²) >= 11 is 1.33. The topological polar surface area (TPSA) is 121 Å².